The van der Waals surface area contributed by atoms with Crippen LogP contribution in [0.2, 0.25) is 10.0 Å². The summed E-state index contributed by atoms with van der Waals surface area (Å²) < 4.78 is 5.71. The van der Waals surface area contributed by atoms with Gasteiger partial charge in [0.1, 0.15) is 5.75 Å². The van der Waals surface area contributed by atoms with Gasteiger partial charge in [0.25, 0.3) is 0 Å². The Hall–Kier alpha value is -1.29. The van der Waals surface area contributed by atoms with Crippen molar-refractivity contribution in [1.29, 1.82) is 0 Å². The summed E-state index contributed by atoms with van der Waals surface area (Å²) in [5.41, 5.74) is 0.737. The fourth-order valence-electron chi connectivity index (χ4n) is 1.63. The summed E-state index contributed by atoms with van der Waals surface area (Å²) in [5, 5.41) is 4.51. The molecule has 112 valence electrons. The summed E-state index contributed by atoms with van der Waals surface area (Å²) in [6.45, 7) is 6.84. The van der Waals surface area contributed by atoms with Crippen LogP contribution in [0.4, 0.5) is 0 Å². The minimum atomic E-state index is -0.00932. The highest BCUT2D eigenvalue weighted by Gasteiger charge is 2.12. The van der Waals surface area contributed by atoms with Crippen LogP contribution >= 0.6 is 23.2 Å². The van der Waals surface area contributed by atoms with Crippen LogP contribution in [0, 0.1) is 0 Å². The molecule has 0 saturated carbocycles. The average Bonchev–Trinajstić information content (AvgIpc) is 2.41. The Morgan fingerprint density at radius 2 is 1.76 bits per heavy atom. The highest BCUT2D eigenvalue weighted by atomic mass is 35.5. The number of hydrogen-bond donors (Lipinski definition) is 1. The highest BCUT2D eigenvalue weighted by molar-refractivity contribution is 6.32. The lowest BCUT2D eigenvalue weighted by Gasteiger charge is -2.20. The number of para-hydroxylation sites is 1. The molecular formula is C16H18Cl2N2O. The van der Waals surface area contributed by atoms with E-state index in [1.165, 1.54) is 0 Å². The minimum absolute atomic E-state index is 0.00932. The van der Waals surface area contributed by atoms with Crippen molar-refractivity contribution in [3.63, 3.8) is 0 Å². The van der Waals surface area contributed by atoms with Gasteiger partial charge in [-0.1, -0.05) is 35.3 Å². The number of benzene rings is 1. The number of ether oxygens (including phenoxy) is 1. The van der Waals surface area contributed by atoms with Gasteiger partial charge in [0.05, 0.1) is 15.7 Å². The predicted octanol–water partition coefficient (Wildman–Crippen LogP) is 5.07. The van der Waals surface area contributed by atoms with E-state index in [2.05, 4.69) is 31.1 Å². The van der Waals surface area contributed by atoms with Crippen LogP contribution in [0.1, 0.15) is 26.5 Å². The lowest BCUT2D eigenvalue weighted by atomic mass is 10.1. The van der Waals surface area contributed by atoms with E-state index in [0.29, 0.717) is 28.2 Å². The molecule has 0 amide bonds. The average molecular weight is 325 g/mol. The second kappa shape index (κ2) is 6.65. The molecule has 21 heavy (non-hydrogen) atoms. The molecule has 0 spiro atoms. The molecule has 1 N–H and O–H groups in total. The van der Waals surface area contributed by atoms with Gasteiger partial charge in [-0.3, -0.25) is 0 Å². The molecule has 0 radical (unpaired) electrons. The Morgan fingerprint density at radius 3 is 2.43 bits per heavy atom. The van der Waals surface area contributed by atoms with Crippen LogP contribution in [0.5, 0.6) is 11.6 Å². The second-order valence-corrected chi connectivity index (χ2v) is 6.53. The van der Waals surface area contributed by atoms with Gasteiger partial charge >= 0.3 is 0 Å². The molecule has 0 saturated heterocycles. The zero-order chi connectivity index (χ0) is 15.5. The first kappa shape index (κ1) is 16.1. The van der Waals surface area contributed by atoms with E-state index < -0.39 is 0 Å². The van der Waals surface area contributed by atoms with Crippen molar-refractivity contribution in [2.45, 2.75) is 32.9 Å². The van der Waals surface area contributed by atoms with Gasteiger partial charge in [-0.05, 0) is 39.0 Å². The van der Waals surface area contributed by atoms with Crippen LogP contribution < -0.4 is 10.1 Å². The third-order valence-electron chi connectivity index (χ3n) is 2.73. The highest BCUT2D eigenvalue weighted by Crippen LogP contribution is 2.29. The van der Waals surface area contributed by atoms with E-state index >= 15 is 0 Å². The molecule has 2 aromatic rings. The number of hydrogen-bond acceptors (Lipinski definition) is 3. The second-order valence-electron chi connectivity index (χ2n) is 5.71. The van der Waals surface area contributed by atoms with Gasteiger partial charge in [0.2, 0.25) is 5.88 Å². The molecule has 2 rings (SSSR count). The summed E-state index contributed by atoms with van der Waals surface area (Å²) in [6, 6.07) is 10.8. The number of halogens is 2. The lowest BCUT2D eigenvalue weighted by molar-refractivity contribution is 0.416. The molecule has 0 aliphatic rings. The fraction of sp³-hybridized carbons (Fsp3) is 0.312. The van der Waals surface area contributed by atoms with Crippen LogP contribution in [-0.4, -0.2) is 10.5 Å². The van der Waals surface area contributed by atoms with Gasteiger partial charge in [-0.15, -0.1) is 0 Å². The van der Waals surface area contributed by atoms with Gasteiger partial charge in [0.15, 0.2) is 0 Å². The molecule has 5 heteroatoms. The van der Waals surface area contributed by atoms with E-state index in [9.17, 15) is 0 Å². The normalized spacial score (nSPS) is 11.5. The van der Waals surface area contributed by atoms with Crippen molar-refractivity contribution >= 4 is 23.2 Å². The first-order chi connectivity index (χ1) is 9.85. The maximum Gasteiger partial charge on any atom is 0.219 e. The molecule has 1 aromatic carbocycles. The summed E-state index contributed by atoms with van der Waals surface area (Å²) in [5.74, 6) is 1.04. The van der Waals surface area contributed by atoms with Crippen molar-refractivity contribution in [2.75, 3.05) is 0 Å². The summed E-state index contributed by atoms with van der Waals surface area (Å²) in [4.78, 5) is 4.44. The summed E-state index contributed by atoms with van der Waals surface area (Å²) >= 11 is 12.3. The number of nitrogens with one attached hydrogen (secondary N) is 1. The molecule has 0 aliphatic carbocycles. The molecule has 0 aliphatic heterocycles. The fourth-order valence-corrected chi connectivity index (χ4v) is 1.98. The largest absolute Gasteiger partial charge is 0.437 e. The van der Waals surface area contributed by atoms with E-state index in [1.54, 1.807) is 24.3 Å². The number of nitrogens with zero attached hydrogens (tertiary/aromatic N) is 1. The van der Waals surface area contributed by atoms with Crippen molar-refractivity contribution in [2.24, 2.45) is 0 Å². The maximum absolute atomic E-state index is 6.18. The first-order valence-corrected chi connectivity index (χ1v) is 7.43. The Labute approximate surface area is 135 Å². The quantitative estimate of drug-likeness (QED) is 0.852. The Morgan fingerprint density at radius 1 is 1.05 bits per heavy atom. The number of aromatic nitrogens is 1. The van der Waals surface area contributed by atoms with Crippen molar-refractivity contribution in [1.82, 2.24) is 10.3 Å². The monoisotopic (exact) mass is 324 g/mol. The van der Waals surface area contributed by atoms with Crippen molar-refractivity contribution in [3.05, 3.63) is 52.1 Å². The van der Waals surface area contributed by atoms with Crippen molar-refractivity contribution in [3.8, 4) is 11.6 Å². The van der Waals surface area contributed by atoms with Gasteiger partial charge in [-0.2, -0.15) is 0 Å². The zero-order valence-corrected chi connectivity index (χ0v) is 13.8. The summed E-state index contributed by atoms with van der Waals surface area (Å²) in [6.07, 6.45) is 0. The third-order valence-corrected chi connectivity index (χ3v) is 3.39. The molecule has 1 heterocycles. The van der Waals surface area contributed by atoms with Gasteiger partial charge in [0, 0.05) is 18.2 Å². The third kappa shape index (κ3) is 4.88. The molecule has 0 unspecified atom stereocenters. The zero-order valence-electron chi connectivity index (χ0n) is 12.3. The Kier molecular flexibility index (Phi) is 5.09. The Balaban J connectivity index is 2.17. The molecule has 0 fully saturated rings. The number of rotatable bonds is 4. The standard InChI is InChI=1S/C16H18Cl2N2O/c1-16(2,3)19-10-13-11(17)8-9-15(20-13)21-14-7-5-4-6-12(14)18/h4-9,19H,10H2,1-3H3. The minimum Gasteiger partial charge on any atom is -0.437 e. The van der Waals surface area contributed by atoms with Crippen LogP contribution in [0.25, 0.3) is 0 Å². The molecule has 1 aromatic heterocycles. The van der Waals surface area contributed by atoms with Crippen LogP contribution in [0.15, 0.2) is 36.4 Å². The van der Waals surface area contributed by atoms with E-state index in [-0.39, 0.29) is 5.54 Å². The Bertz CT molecular complexity index is 624. The lowest BCUT2D eigenvalue weighted by Crippen LogP contribution is -2.35. The maximum atomic E-state index is 6.18. The van der Waals surface area contributed by atoms with Crippen LogP contribution in [-0.2, 0) is 6.54 Å². The topological polar surface area (TPSA) is 34.2 Å². The molecular weight excluding hydrogens is 307 g/mol. The van der Waals surface area contributed by atoms with E-state index in [1.807, 2.05) is 12.1 Å². The smallest absolute Gasteiger partial charge is 0.219 e. The van der Waals surface area contributed by atoms with E-state index in [0.717, 1.165) is 5.69 Å². The first-order valence-electron chi connectivity index (χ1n) is 6.68. The van der Waals surface area contributed by atoms with Crippen molar-refractivity contribution < 1.29 is 4.74 Å². The van der Waals surface area contributed by atoms with Gasteiger partial charge < -0.3 is 10.1 Å². The predicted molar refractivity (Wildman–Crippen MR) is 87.4 cm³/mol. The SMILES string of the molecule is CC(C)(C)NCc1nc(Oc2ccccc2Cl)ccc1Cl. The van der Waals surface area contributed by atoms with Crippen LogP contribution in [0.3, 0.4) is 0 Å². The van der Waals surface area contributed by atoms with Gasteiger partial charge in [-0.25, -0.2) is 4.98 Å². The summed E-state index contributed by atoms with van der Waals surface area (Å²) in [7, 11) is 0. The van der Waals surface area contributed by atoms with E-state index in [4.69, 9.17) is 27.9 Å². The molecule has 3 nitrogen and oxygen atoms in total. The number of pyridine rings is 1. The molecule has 0 bridgehead atoms. The molecule has 0 atom stereocenters.